The van der Waals surface area contributed by atoms with Crippen LogP contribution >= 0.6 is 23.3 Å². The largest absolute Gasteiger partial charge is 0.293 e. The molecular weight excluding hydrogens is 268 g/mol. The van der Waals surface area contributed by atoms with Gasteiger partial charge in [0.25, 0.3) is 5.91 Å². The Hall–Kier alpha value is -1.44. The highest BCUT2D eigenvalue weighted by atomic mass is 32.2. The lowest BCUT2D eigenvalue weighted by Gasteiger charge is -2.13. The van der Waals surface area contributed by atoms with E-state index in [0.717, 1.165) is 9.90 Å². The average Bonchev–Trinajstić information content (AvgIpc) is 2.82. The second-order valence-electron chi connectivity index (χ2n) is 3.52. The predicted octanol–water partition coefficient (Wildman–Crippen LogP) is 1.67. The molecule has 0 saturated heterocycles. The number of hydrazine groups is 1. The number of aromatic nitrogens is 2. The van der Waals surface area contributed by atoms with E-state index in [1.807, 2.05) is 37.3 Å². The van der Waals surface area contributed by atoms with Gasteiger partial charge in [0.05, 0.1) is 0 Å². The molecule has 0 radical (unpaired) electrons. The van der Waals surface area contributed by atoms with Gasteiger partial charge in [-0.2, -0.15) is 4.37 Å². The quantitative estimate of drug-likeness (QED) is 0.385. The maximum Gasteiger partial charge on any atom is 0.251 e. The number of amides is 1. The fourth-order valence-corrected chi connectivity index (χ4v) is 3.25. The van der Waals surface area contributed by atoms with Gasteiger partial charge in [0.2, 0.25) is 0 Å². The summed E-state index contributed by atoms with van der Waals surface area (Å²) in [5.74, 6) is 5.68. The van der Waals surface area contributed by atoms with Crippen molar-refractivity contribution in [3.8, 4) is 0 Å². The number of benzene rings is 1. The van der Waals surface area contributed by atoms with E-state index in [2.05, 4.69) is 14.8 Å². The second-order valence-corrected chi connectivity index (χ2v) is 5.63. The average molecular weight is 280 g/mol. The molecule has 2 rings (SSSR count). The maximum absolute atomic E-state index is 11.8. The zero-order valence-corrected chi connectivity index (χ0v) is 11.3. The van der Waals surface area contributed by atoms with Crippen LogP contribution in [0.15, 0.2) is 34.7 Å². The van der Waals surface area contributed by atoms with Crippen molar-refractivity contribution in [1.29, 1.82) is 0 Å². The van der Waals surface area contributed by atoms with Crippen LogP contribution in [0.1, 0.15) is 16.6 Å². The molecule has 1 amide bonds. The molecule has 94 valence electrons. The van der Waals surface area contributed by atoms with Crippen LogP contribution in [0.2, 0.25) is 0 Å². The number of rotatable bonds is 4. The Morgan fingerprint density at radius 3 is 2.72 bits per heavy atom. The van der Waals surface area contributed by atoms with Gasteiger partial charge in [0.1, 0.15) is 11.1 Å². The maximum atomic E-state index is 11.8. The van der Waals surface area contributed by atoms with Gasteiger partial charge in [-0.3, -0.25) is 10.2 Å². The predicted molar refractivity (Wildman–Crippen MR) is 72.0 cm³/mol. The minimum absolute atomic E-state index is 0.251. The molecule has 1 unspecified atom stereocenters. The Morgan fingerprint density at radius 2 is 2.17 bits per heavy atom. The van der Waals surface area contributed by atoms with Crippen LogP contribution in [0.4, 0.5) is 0 Å². The van der Waals surface area contributed by atoms with Crippen molar-refractivity contribution in [2.45, 2.75) is 16.5 Å². The molecule has 0 saturated carbocycles. The standard InChI is InChI=1S/C11H12N4OS2/c1-7-13-11(18-15-7)17-9(10(16)14-12)8-5-3-2-4-6-8/h2-6,9H,12H2,1H3,(H,14,16). The Bertz CT molecular complexity index is 529. The van der Waals surface area contributed by atoms with Gasteiger partial charge in [0.15, 0.2) is 4.34 Å². The lowest BCUT2D eigenvalue weighted by atomic mass is 10.1. The minimum atomic E-state index is -0.413. The highest BCUT2D eigenvalue weighted by Gasteiger charge is 2.22. The molecule has 0 fully saturated rings. The summed E-state index contributed by atoms with van der Waals surface area (Å²) in [6, 6.07) is 9.46. The fraction of sp³-hybridized carbons (Fsp3) is 0.182. The van der Waals surface area contributed by atoms with Crippen LogP contribution in [0.5, 0.6) is 0 Å². The van der Waals surface area contributed by atoms with Crippen LogP contribution in [0.3, 0.4) is 0 Å². The Balaban J connectivity index is 2.24. The lowest BCUT2D eigenvalue weighted by molar-refractivity contribution is -0.120. The van der Waals surface area contributed by atoms with Crippen molar-refractivity contribution in [2.24, 2.45) is 5.84 Å². The molecule has 18 heavy (non-hydrogen) atoms. The highest BCUT2D eigenvalue weighted by molar-refractivity contribution is 8.01. The van der Waals surface area contributed by atoms with Gasteiger partial charge in [-0.15, -0.1) is 0 Å². The summed E-state index contributed by atoms with van der Waals surface area (Å²) < 4.78 is 4.85. The third kappa shape index (κ3) is 3.06. The van der Waals surface area contributed by atoms with Crippen LogP contribution in [-0.2, 0) is 4.79 Å². The first-order valence-corrected chi connectivity index (χ1v) is 6.88. The second kappa shape index (κ2) is 5.94. The van der Waals surface area contributed by atoms with Gasteiger partial charge in [-0.25, -0.2) is 10.8 Å². The Labute approximate surface area is 113 Å². The van der Waals surface area contributed by atoms with Gasteiger partial charge in [0, 0.05) is 0 Å². The van der Waals surface area contributed by atoms with E-state index >= 15 is 0 Å². The number of carbonyl (C=O) groups is 1. The van der Waals surface area contributed by atoms with E-state index in [-0.39, 0.29) is 5.91 Å². The number of nitrogens with one attached hydrogen (secondary N) is 1. The number of hydrogen-bond donors (Lipinski definition) is 2. The summed E-state index contributed by atoms with van der Waals surface area (Å²) in [7, 11) is 0. The van der Waals surface area contributed by atoms with E-state index in [1.54, 1.807) is 0 Å². The molecule has 3 N–H and O–H groups in total. The van der Waals surface area contributed by atoms with Gasteiger partial charge in [-0.1, -0.05) is 42.1 Å². The minimum Gasteiger partial charge on any atom is -0.293 e. The summed E-state index contributed by atoms with van der Waals surface area (Å²) in [5.41, 5.74) is 3.07. The first kappa shape index (κ1) is 13.0. The number of nitrogens with two attached hydrogens (primary N) is 1. The van der Waals surface area contributed by atoms with E-state index in [1.165, 1.54) is 23.3 Å². The third-order valence-electron chi connectivity index (χ3n) is 2.21. The van der Waals surface area contributed by atoms with Gasteiger partial charge >= 0.3 is 0 Å². The smallest absolute Gasteiger partial charge is 0.251 e. The van der Waals surface area contributed by atoms with Crippen molar-refractivity contribution < 1.29 is 4.79 Å². The summed E-state index contributed by atoms with van der Waals surface area (Å²) in [6.07, 6.45) is 0. The normalized spacial score (nSPS) is 12.1. The highest BCUT2D eigenvalue weighted by Crippen LogP contribution is 2.35. The van der Waals surface area contributed by atoms with Crippen molar-refractivity contribution in [2.75, 3.05) is 0 Å². The molecule has 1 aromatic carbocycles. The molecular formula is C11H12N4OS2. The van der Waals surface area contributed by atoms with Crippen molar-refractivity contribution in [1.82, 2.24) is 14.8 Å². The number of thioether (sulfide) groups is 1. The summed E-state index contributed by atoms with van der Waals surface area (Å²) in [6.45, 7) is 1.82. The van der Waals surface area contributed by atoms with Crippen LogP contribution < -0.4 is 11.3 Å². The third-order valence-corrected chi connectivity index (χ3v) is 4.34. The van der Waals surface area contributed by atoms with Crippen molar-refractivity contribution >= 4 is 29.2 Å². The fourth-order valence-electron chi connectivity index (χ4n) is 1.40. The zero-order chi connectivity index (χ0) is 13.0. The molecule has 5 nitrogen and oxygen atoms in total. The molecule has 7 heteroatoms. The van der Waals surface area contributed by atoms with Crippen LogP contribution in [0, 0.1) is 6.92 Å². The first-order chi connectivity index (χ1) is 8.70. The molecule has 1 aromatic heterocycles. The topological polar surface area (TPSA) is 80.9 Å². The molecule has 0 spiro atoms. The van der Waals surface area contributed by atoms with E-state index in [9.17, 15) is 4.79 Å². The number of carbonyl (C=O) groups excluding carboxylic acids is 1. The van der Waals surface area contributed by atoms with Crippen molar-refractivity contribution in [3.05, 3.63) is 41.7 Å². The Morgan fingerprint density at radius 1 is 1.44 bits per heavy atom. The summed E-state index contributed by atoms with van der Waals surface area (Å²) >= 11 is 2.63. The molecule has 2 aromatic rings. The number of hydrogen-bond acceptors (Lipinski definition) is 6. The number of nitrogens with zero attached hydrogens (tertiary/aromatic N) is 2. The molecule has 0 bridgehead atoms. The van der Waals surface area contributed by atoms with Crippen LogP contribution in [-0.4, -0.2) is 15.3 Å². The number of aryl methyl sites for hydroxylation is 1. The van der Waals surface area contributed by atoms with E-state index in [0.29, 0.717) is 5.82 Å². The SMILES string of the molecule is Cc1nsc(SC(C(=O)NN)c2ccccc2)n1. The van der Waals surface area contributed by atoms with Crippen molar-refractivity contribution in [3.63, 3.8) is 0 Å². The summed E-state index contributed by atoms with van der Waals surface area (Å²) in [4.78, 5) is 16.1. The van der Waals surface area contributed by atoms with E-state index < -0.39 is 5.25 Å². The van der Waals surface area contributed by atoms with Crippen LogP contribution in [0.25, 0.3) is 0 Å². The molecule has 1 atom stereocenters. The first-order valence-electron chi connectivity index (χ1n) is 5.23. The van der Waals surface area contributed by atoms with E-state index in [4.69, 9.17) is 5.84 Å². The molecule has 0 aliphatic rings. The summed E-state index contributed by atoms with van der Waals surface area (Å²) in [5, 5.41) is -0.413. The van der Waals surface area contributed by atoms with Gasteiger partial charge < -0.3 is 0 Å². The molecule has 0 aliphatic carbocycles. The van der Waals surface area contributed by atoms with Gasteiger partial charge in [-0.05, 0) is 24.0 Å². The Kier molecular flexibility index (Phi) is 4.29. The lowest BCUT2D eigenvalue weighted by Crippen LogP contribution is -2.33. The monoisotopic (exact) mass is 280 g/mol. The zero-order valence-electron chi connectivity index (χ0n) is 9.66. The molecule has 0 aliphatic heterocycles. The molecule has 1 heterocycles.